The van der Waals surface area contributed by atoms with Crippen molar-refractivity contribution in [2.45, 2.75) is 26.7 Å². The summed E-state index contributed by atoms with van der Waals surface area (Å²) >= 11 is 0. The lowest BCUT2D eigenvalue weighted by Gasteiger charge is -2.08. The molecule has 0 unspecified atom stereocenters. The molecule has 1 aromatic rings. The molecule has 19 heavy (non-hydrogen) atoms. The summed E-state index contributed by atoms with van der Waals surface area (Å²) in [5, 5.41) is 2.60. The molecule has 1 amide bonds. The van der Waals surface area contributed by atoms with Crippen LogP contribution in [0.2, 0.25) is 0 Å². The molecule has 4 nitrogen and oxygen atoms in total. The SMILES string of the molecule is CC(C)CCCOCC(=O)Nc1ccc(F)c(N)c1. The molecule has 1 rings (SSSR count). The average Bonchev–Trinajstić information content (AvgIpc) is 2.33. The van der Waals surface area contributed by atoms with Gasteiger partial charge in [-0.15, -0.1) is 0 Å². The van der Waals surface area contributed by atoms with Crippen molar-refractivity contribution < 1.29 is 13.9 Å². The van der Waals surface area contributed by atoms with E-state index in [1.54, 1.807) is 0 Å². The standard InChI is InChI=1S/C14H21FN2O2/c1-10(2)4-3-7-19-9-14(18)17-11-5-6-12(15)13(16)8-11/h5-6,8,10H,3-4,7,9,16H2,1-2H3,(H,17,18). The molecule has 106 valence electrons. The Morgan fingerprint density at radius 2 is 2.21 bits per heavy atom. The van der Waals surface area contributed by atoms with Crippen LogP contribution in [0.25, 0.3) is 0 Å². The zero-order valence-electron chi connectivity index (χ0n) is 11.4. The molecule has 0 saturated heterocycles. The normalized spacial score (nSPS) is 10.7. The van der Waals surface area contributed by atoms with Gasteiger partial charge in [0.1, 0.15) is 12.4 Å². The summed E-state index contributed by atoms with van der Waals surface area (Å²) in [6, 6.07) is 4.06. The molecule has 0 bridgehead atoms. The summed E-state index contributed by atoms with van der Waals surface area (Å²) in [6.07, 6.45) is 2.02. The molecule has 0 saturated carbocycles. The first-order chi connectivity index (χ1) is 8.99. The average molecular weight is 268 g/mol. The van der Waals surface area contributed by atoms with Crippen LogP contribution >= 0.6 is 0 Å². The van der Waals surface area contributed by atoms with Gasteiger partial charge in [-0.2, -0.15) is 0 Å². The van der Waals surface area contributed by atoms with E-state index in [1.165, 1.54) is 18.2 Å². The number of amides is 1. The predicted molar refractivity (Wildman–Crippen MR) is 74.3 cm³/mol. The zero-order valence-corrected chi connectivity index (χ0v) is 11.4. The van der Waals surface area contributed by atoms with Gasteiger partial charge >= 0.3 is 0 Å². The molecule has 0 aliphatic heterocycles. The van der Waals surface area contributed by atoms with Crippen molar-refractivity contribution in [1.82, 2.24) is 0 Å². The highest BCUT2D eigenvalue weighted by Crippen LogP contribution is 2.16. The Bertz CT molecular complexity index is 422. The Morgan fingerprint density at radius 1 is 1.47 bits per heavy atom. The maximum atomic E-state index is 12.9. The number of nitrogens with two attached hydrogens (primary N) is 1. The van der Waals surface area contributed by atoms with Crippen molar-refractivity contribution in [3.05, 3.63) is 24.0 Å². The largest absolute Gasteiger partial charge is 0.396 e. The van der Waals surface area contributed by atoms with Crippen molar-refractivity contribution in [1.29, 1.82) is 0 Å². The minimum atomic E-state index is -0.497. The molecule has 1 aromatic carbocycles. The number of hydrogen-bond acceptors (Lipinski definition) is 3. The van der Waals surface area contributed by atoms with Crippen molar-refractivity contribution in [3.8, 4) is 0 Å². The monoisotopic (exact) mass is 268 g/mol. The van der Waals surface area contributed by atoms with Gasteiger partial charge in [0.15, 0.2) is 0 Å². The Hall–Kier alpha value is -1.62. The first-order valence-corrected chi connectivity index (χ1v) is 6.41. The maximum absolute atomic E-state index is 12.9. The van der Waals surface area contributed by atoms with E-state index in [1.807, 2.05) is 0 Å². The third-order valence-electron chi connectivity index (χ3n) is 2.58. The molecular formula is C14H21FN2O2. The van der Waals surface area contributed by atoms with Crippen LogP contribution in [-0.2, 0) is 9.53 Å². The second kappa shape index (κ2) is 7.74. The molecule has 0 spiro atoms. The summed E-state index contributed by atoms with van der Waals surface area (Å²) in [4.78, 5) is 11.5. The van der Waals surface area contributed by atoms with Crippen LogP contribution in [0.1, 0.15) is 26.7 Å². The number of carbonyl (C=O) groups is 1. The van der Waals surface area contributed by atoms with E-state index in [9.17, 15) is 9.18 Å². The van der Waals surface area contributed by atoms with Gasteiger partial charge in [-0.1, -0.05) is 13.8 Å². The first kappa shape index (κ1) is 15.4. The lowest BCUT2D eigenvalue weighted by Crippen LogP contribution is -2.18. The van der Waals surface area contributed by atoms with Crippen LogP contribution in [0, 0.1) is 11.7 Å². The van der Waals surface area contributed by atoms with E-state index >= 15 is 0 Å². The number of hydrogen-bond donors (Lipinski definition) is 2. The van der Waals surface area contributed by atoms with Crippen LogP contribution in [0.3, 0.4) is 0 Å². The van der Waals surface area contributed by atoms with Crippen LogP contribution in [0.15, 0.2) is 18.2 Å². The smallest absolute Gasteiger partial charge is 0.250 e. The topological polar surface area (TPSA) is 64.3 Å². The van der Waals surface area contributed by atoms with Crippen LogP contribution in [0.4, 0.5) is 15.8 Å². The number of rotatable bonds is 7. The Morgan fingerprint density at radius 3 is 2.84 bits per heavy atom. The van der Waals surface area contributed by atoms with Gasteiger partial charge in [0.2, 0.25) is 5.91 Å². The van der Waals surface area contributed by atoms with Gasteiger partial charge in [0, 0.05) is 12.3 Å². The van der Waals surface area contributed by atoms with Gasteiger partial charge in [0.05, 0.1) is 5.69 Å². The number of halogens is 1. The number of carbonyl (C=O) groups excluding carboxylic acids is 1. The van der Waals surface area contributed by atoms with E-state index in [4.69, 9.17) is 10.5 Å². The lowest BCUT2D eigenvalue weighted by molar-refractivity contribution is -0.120. The molecule has 0 aliphatic rings. The molecule has 0 atom stereocenters. The first-order valence-electron chi connectivity index (χ1n) is 6.41. The fourth-order valence-corrected chi connectivity index (χ4v) is 1.58. The number of nitrogen functional groups attached to an aromatic ring is 1. The molecule has 0 heterocycles. The summed E-state index contributed by atoms with van der Waals surface area (Å²) in [7, 11) is 0. The van der Waals surface area contributed by atoms with E-state index < -0.39 is 5.82 Å². The molecule has 0 radical (unpaired) electrons. The van der Waals surface area contributed by atoms with Gasteiger partial charge in [0.25, 0.3) is 0 Å². The zero-order chi connectivity index (χ0) is 14.3. The molecule has 3 N–H and O–H groups in total. The molecule has 0 aromatic heterocycles. The van der Waals surface area contributed by atoms with Crippen LogP contribution in [0.5, 0.6) is 0 Å². The molecular weight excluding hydrogens is 247 g/mol. The third kappa shape index (κ3) is 6.20. The maximum Gasteiger partial charge on any atom is 0.250 e. The van der Waals surface area contributed by atoms with Gasteiger partial charge in [-0.3, -0.25) is 4.79 Å². The highest BCUT2D eigenvalue weighted by molar-refractivity contribution is 5.92. The second-order valence-electron chi connectivity index (χ2n) is 4.87. The minimum absolute atomic E-state index is 0.00459. The fraction of sp³-hybridized carbons (Fsp3) is 0.500. The molecule has 5 heteroatoms. The molecule has 0 aliphatic carbocycles. The summed E-state index contributed by atoms with van der Waals surface area (Å²) in [6.45, 7) is 4.85. The van der Waals surface area contributed by atoms with Crippen LogP contribution in [-0.4, -0.2) is 19.1 Å². The minimum Gasteiger partial charge on any atom is -0.396 e. The van der Waals surface area contributed by atoms with E-state index in [-0.39, 0.29) is 18.2 Å². The Kier molecular flexibility index (Phi) is 6.29. The third-order valence-corrected chi connectivity index (χ3v) is 2.58. The highest BCUT2D eigenvalue weighted by atomic mass is 19.1. The Labute approximate surface area is 113 Å². The van der Waals surface area contributed by atoms with E-state index in [0.717, 1.165) is 12.8 Å². The van der Waals surface area contributed by atoms with Crippen molar-refractivity contribution in [3.63, 3.8) is 0 Å². The van der Waals surface area contributed by atoms with Crippen molar-refractivity contribution in [2.24, 2.45) is 5.92 Å². The quantitative estimate of drug-likeness (QED) is 0.590. The number of benzene rings is 1. The molecule has 0 fully saturated rings. The fourth-order valence-electron chi connectivity index (χ4n) is 1.58. The Balaban J connectivity index is 2.25. The van der Waals surface area contributed by atoms with Crippen LogP contribution < -0.4 is 11.1 Å². The van der Waals surface area contributed by atoms with Gasteiger partial charge < -0.3 is 15.8 Å². The highest BCUT2D eigenvalue weighted by Gasteiger charge is 2.05. The van der Waals surface area contributed by atoms with E-state index in [2.05, 4.69) is 19.2 Å². The summed E-state index contributed by atoms with van der Waals surface area (Å²) in [5.41, 5.74) is 5.88. The van der Waals surface area contributed by atoms with E-state index in [0.29, 0.717) is 18.2 Å². The predicted octanol–water partition coefficient (Wildman–Crippen LogP) is 2.80. The number of ether oxygens (including phenoxy) is 1. The van der Waals surface area contributed by atoms with Crippen molar-refractivity contribution in [2.75, 3.05) is 24.3 Å². The lowest BCUT2D eigenvalue weighted by atomic mass is 10.1. The summed E-state index contributed by atoms with van der Waals surface area (Å²) in [5.74, 6) is -0.127. The van der Waals surface area contributed by atoms with Gasteiger partial charge in [-0.25, -0.2) is 4.39 Å². The van der Waals surface area contributed by atoms with Gasteiger partial charge in [-0.05, 0) is 37.0 Å². The number of anilines is 2. The summed E-state index contributed by atoms with van der Waals surface area (Å²) < 4.78 is 18.2. The second-order valence-corrected chi connectivity index (χ2v) is 4.87. The van der Waals surface area contributed by atoms with Crippen molar-refractivity contribution >= 4 is 17.3 Å². The number of nitrogens with one attached hydrogen (secondary N) is 1.